The minimum atomic E-state index is -0.334. The van der Waals surface area contributed by atoms with E-state index >= 15 is 0 Å². The molecule has 0 aliphatic carbocycles. The lowest BCUT2D eigenvalue weighted by Crippen LogP contribution is -2.57. The van der Waals surface area contributed by atoms with Gasteiger partial charge in [0.25, 0.3) is 5.56 Å². The van der Waals surface area contributed by atoms with Gasteiger partial charge in [-0.15, -0.1) is 0 Å². The highest BCUT2D eigenvalue weighted by Gasteiger charge is 2.35. The first-order valence-corrected chi connectivity index (χ1v) is 13.1. The number of imidazole rings is 1. The van der Waals surface area contributed by atoms with Gasteiger partial charge >= 0.3 is 5.69 Å². The molecule has 0 spiro atoms. The van der Waals surface area contributed by atoms with Crippen molar-refractivity contribution in [2.45, 2.75) is 58.8 Å². The average molecular weight is 515 g/mol. The fourth-order valence-electron chi connectivity index (χ4n) is 5.82. The predicted octanol–water partition coefficient (Wildman–Crippen LogP) is 2.73. The Morgan fingerprint density at radius 3 is 2.58 bits per heavy atom. The predicted molar refractivity (Wildman–Crippen MR) is 148 cm³/mol. The van der Waals surface area contributed by atoms with Crippen LogP contribution in [0.3, 0.4) is 0 Å². The van der Waals surface area contributed by atoms with E-state index in [0.29, 0.717) is 35.9 Å². The summed E-state index contributed by atoms with van der Waals surface area (Å²) >= 11 is 0. The minimum absolute atomic E-state index is 0.00539. The Bertz CT molecular complexity index is 1690. The van der Waals surface area contributed by atoms with Crippen LogP contribution in [0.4, 0.5) is 5.82 Å². The van der Waals surface area contributed by atoms with Crippen LogP contribution >= 0.6 is 0 Å². The molecule has 0 bridgehead atoms. The van der Waals surface area contributed by atoms with Crippen LogP contribution in [0.1, 0.15) is 45.1 Å². The zero-order valence-corrected chi connectivity index (χ0v) is 22.8. The monoisotopic (exact) mass is 514 g/mol. The molecular weight excluding hydrogens is 480 g/mol. The Morgan fingerprint density at radius 2 is 1.87 bits per heavy atom. The number of piperazine rings is 1. The van der Waals surface area contributed by atoms with Gasteiger partial charge in [0.15, 0.2) is 5.82 Å². The largest absolute Gasteiger partial charge is 0.350 e. The summed E-state index contributed by atoms with van der Waals surface area (Å²) in [4.78, 5) is 39.5. The van der Waals surface area contributed by atoms with Crippen LogP contribution in [0.15, 0.2) is 40.1 Å². The lowest BCUT2D eigenvalue weighted by Gasteiger charge is -2.47. The molecule has 198 valence electrons. The smallest absolute Gasteiger partial charge is 0.349 e. The average Bonchev–Trinajstić information content (AvgIpc) is 3.27. The highest BCUT2D eigenvalue weighted by atomic mass is 16.1. The molecule has 1 aliphatic rings. The number of rotatable bonds is 5. The van der Waals surface area contributed by atoms with Crippen molar-refractivity contribution in [1.29, 1.82) is 5.26 Å². The van der Waals surface area contributed by atoms with E-state index in [4.69, 9.17) is 4.98 Å². The van der Waals surface area contributed by atoms with E-state index in [-0.39, 0.29) is 35.8 Å². The number of anilines is 1. The van der Waals surface area contributed by atoms with Gasteiger partial charge in [0, 0.05) is 63.4 Å². The quantitative estimate of drug-likeness (QED) is 0.403. The number of benzene rings is 1. The van der Waals surface area contributed by atoms with Gasteiger partial charge in [-0.3, -0.25) is 14.3 Å². The van der Waals surface area contributed by atoms with Crippen LogP contribution in [0.2, 0.25) is 0 Å². The molecule has 1 fully saturated rings. The maximum absolute atomic E-state index is 12.9. The van der Waals surface area contributed by atoms with Crippen LogP contribution < -0.4 is 16.1 Å². The van der Waals surface area contributed by atoms with E-state index in [0.717, 1.165) is 22.9 Å². The Morgan fingerprint density at radius 1 is 1.11 bits per heavy atom. The third-order valence-corrected chi connectivity index (χ3v) is 7.98. The molecule has 38 heavy (non-hydrogen) atoms. The Balaban J connectivity index is 1.50. The zero-order valence-electron chi connectivity index (χ0n) is 22.8. The summed E-state index contributed by atoms with van der Waals surface area (Å²) in [5, 5.41) is 11.0. The maximum Gasteiger partial charge on any atom is 0.350 e. The van der Waals surface area contributed by atoms with E-state index in [1.165, 1.54) is 4.57 Å². The molecule has 10 heteroatoms. The minimum Gasteiger partial charge on any atom is -0.349 e. The Hall–Kier alpha value is -3.97. The molecule has 1 unspecified atom stereocenters. The first kappa shape index (κ1) is 25.7. The molecule has 1 aromatic carbocycles. The van der Waals surface area contributed by atoms with Crippen molar-refractivity contribution in [2.75, 3.05) is 18.0 Å². The van der Waals surface area contributed by atoms with Gasteiger partial charge in [0.05, 0.1) is 12.5 Å². The van der Waals surface area contributed by atoms with Gasteiger partial charge in [-0.25, -0.2) is 9.78 Å². The van der Waals surface area contributed by atoms with Gasteiger partial charge in [-0.2, -0.15) is 10.2 Å². The second kappa shape index (κ2) is 9.72. The first-order valence-electron chi connectivity index (χ1n) is 13.1. The van der Waals surface area contributed by atoms with Crippen LogP contribution in [0.5, 0.6) is 0 Å². The van der Waals surface area contributed by atoms with Gasteiger partial charge in [-0.05, 0) is 50.8 Å². The fourth-order valence-corrected chi connectivity index (χ4v) is 5.82. The molecular formula is C28H34N8O2. The van der Waals surface area contributed by atoms with Gasteiger partial charge in [-0.1, -0.05) is 12.1 Å². The van der Waals surface area contributed by atoms with Crippen molar-refractivity contribution in [2.24, 2.45) is 14.1 Å². The summed E-state index contributed by atoms with van der Waals surface area (Å²) in [6.07, 6.45) is 1.97. The molecule has 4 heterocycles. The van der Waals surface area contributed by atoms with E-state index in [1.807, 2.05) is 29.7 Å². The summed E-state index contributed by atoms with van der Waals surface area (Å²) in [5.41, 5.74) is 2.13. The molecule has 0 N–H and O–H groups in total. The second-order valence-corrected chi connectivity index (χ2v) is 10.4. The van der Waals surface area contributed by atoms with E-state index in [1.54, 1.807) is 24.9 Å². The molecule has 0 amide bonds. The molecule has 5 rings (SSSR count). The summed E-state index contributed by atoms with van der Waals surface area (Å²) in [5.74, 6) is 1.22. The van der Waals surface area contributed by atoms with Crippen molar-refractivity contribution in [1.82, 2.24) is 28.6 Å². The maximum atomic E-state index is 12.9. The molecule has 3 atom stereocenters. The van der Waals surface area contributed by atoms with Crippen LogP contribution in [0.25, 0.3) is 21.9 Å². The number of aromatic nitrogens is 5. The van der Waals surface area contributed by atoms with Gasteiger partial charge in [0.2, 0.25) is 0 Å². The summed E-state index contributed by atoms with van der Waals surface area (Å²) in [6.45, 7) is 10.5. The zero-order chi connectivity index (χ0) is 27.3. The van der Waals surface area contributed by atoms with Crippen molar-refractivity contribution in [3.63, 3.8) is 0 Å². The third kappa shape index (κ3) is 4.07. The highest BCUT2D eigenvalue weighted by Crippen LogP contribution is 2.32. The van der Waals surface area contributed by atoms with E-state index in [2.05, 4.69) is 47.7 Å². The summed E-state index contributed by atoms with van der Waals surface area (Å²) in [7, 11) is 3.48. The van der Waals surface area contributed by atoms with Crippen molar-refractivity contribution >= 4 is 27.8 Å². The van der Waals surface area contributed by atoms with E-state index in [9.17, 15) is 14.9 Å². The summed E-state index contributed by atoms with van der Waals surface area (Å²) in [6, 6.07) is 10.6. The fraction of sp³-hybridized carbons (Fsp3) is 0.464. The SMILES string of the molecule is CCn1c(CC#N)nc2c(N3C[C@@H](C)N(C(C)c4ccc5ccn(C)c(=O)c5c4)C[C@@H]3C)nc(=O)n(C)c21. The summed E-state index contributed by atoms with van der Waals surface area (Å²) < 4.78 is 5.06. The standard InChI is InChI=1S/C28H34N8O2/c1-7-34-23(10-12-29)30-24-25(31-28(38)33(6)26(24)34)36-16-17(2)35(15-18(36)3)19(4)21-9-8-20-11-13-32(5)27(37)22(20)14-21/h8-9,11,13-14,17-19H,7,10,15-16H2,1-6H3/t17-,18+,19?/m1/s1. The molecule has 1 aliphatic heterocycles. The number of hydrogen-bond donors (Lipinski definition) is 0. The Kier molecular flexibility index (Phi) is 6.57. The molecule has 10 nitrogen and oxygen atoms in total. The number of pyridine rings is 1. The molecule has 3 aromatic heterocycles. The van der Waals surface area contributed by atoms with E-state index < -0.39 is 0 Å². The second-order valence-electron chi connectivity index (χ2n) is 10.4. The third-order valence-electron chi connectivity index (χ3n) is 7.98. The van der Waals surface area contributed by atoms with Gasteiger partial charge in [0.1, 0.15) is 17.0 Å². The molecule has 4 aromatic rings. The topological polar surface area (TPSA) is 105 Å². The number of nitriles is 1. The van der Waals surface area contributed by atoms with Crippen LogP contribution in [-0.4, -0.2) is 53.7 Å². The van der Waals surface area contributed by atoms with Crippen molar-refractivity contribution in [3.05, 3.63) is 62.7 Å². The number of aryl methyl sites for hydroxylation is 3. The van der Waals surface area contributed by atoms with Crippen molar-refractivity contribution < 1.29 is 0 Å². The Labute approximate surface area is 221 Å². The molecule has 0 radical (unpaired) electrons. The molecule has 0 saturated carbocycles. The van der Waals surface area contributed by atoms with Crippen LogP contribution in [0, 0.1) is 11.3 Å². The number of hydrogen-bond acceptors (Lipinski definition) is 7. The normalized spacial score (nSPS) is 19.2. The van der Waals surface area contributed by atoms with Gasteiger partial charge < -0.3 is 14.0 Å². The first-order chi connectivity index (χ1) is 18.2. The highest BCUT2D eigenvalue weighted by molar-refractivity contribution is 5.85. The lowest BCUT2D eigenvalue weighted by molar-refractivity contribution is 0.119. The lowest BCUT2D eigenvalue weighted by atomic mass is 9.99. The number of fused-ring (bicyclic) bond motifs is 2. The molecule has 1 saturated heterocycles. The van der Waals surface area contributed by atoms with Crippen LogP contribution in [-0.2, 0) is 27.1 Å². The van der Waals surface area contributed by atoms with Crippen molar-refractivity contribution in [3.8, 4) is 6.07 Å². The number of nitrogens with zero attached hydrogens (tertiary/aromatic N) is 8.